The molecule has 1 nitrogen and oxygen atoms in total. The zero-order chi connectivity index (χ0) is 16.1. The van der Waals surface area contributed by atoms with E-state index < -0.39 is 0 Å². The summed E-state index contributed by atoms with van der Waals surface area (Å²) in [5, 5.41) is 3.40. The van der Waals surface area contributed by atoms with E-state index in [2.05, 4.69) is 85.0 Å². The molecule has 0 saturated carbocycles. The first kappa shape index (κ1) is 15.4. The number of nitrogens with one attached hydrogen (secondary N) is 1. The van der Waals surface area contributed by atoms with E-state index in [-0.39, 0.29) is 5.92 Å². The molecule has 0 spiro atoms. The van der Waals surface area contributed by atoms with Gasteiger partial charge in [0.1, 0.15) is 0 Å². The molecule has 3 aromatic carbocycles. The highest BCUT2D eigenvalue weighted by atomic mass is 32.1. The van der Waals surface area contributed by atoms with Crippen molar-refractivity contribution in [3.8, 4) is 0 Å². The predicted octanol–water partition coefficient (Wildman–Crippen LogP) is 5.57. The molecule has 0 aliphatic heterocycles. The van der Waals surface area contributed by atoms with Crippen LogP contribution in [0.2, 0.25) is 0 Å². The molecule has 0 heterocycles. The lowest BCUT2D eigenvalue weighted by atomic mass is 9.91. The van der Waals surface area contributed by atoms with Crippen LogP contribution >= 0.6 is 12.2 Å². The third-order valence-electron chi connectivity index (χ3n) is 3.85. The minimum Gasteiger partial charge on any atom is -0.349 e. The third kappa shape index (κ3) is 3.85. The van der Waals surface area contributed by atoms with Crippen molar-refractivity contribution in [3.05, 3.63) is 102 Å². The van der Waals surface area contributed by atoms with Gasteiger partial charge in [0.2, 0.25) is 0 Å². The van der Waals surface area contributed by atoms with Crippen molar-refractivity contribution < 1.29 is 0 Å². The lowest BCUT2D eigenvalue weighted by Gasteiger charge is -2.20. The molecule has 23 heavy (non-hydrogen) atoms. The van der Waals surface area contributed by atoms with Crippen molar-refractivity contribution in [1.29, 1.82) is 0 Å². The van der Waals surface area contributed by atoms with Gasteiger partial charge in [-0.1, -0.05) is 90.6 Å². The molecule has 2 heteroatoms. The Balaban J connectivity index is 1.92. The first-order chi connectivity index (χ1) is 11.2. The smallest absolute Gasteiger partial charge is 0.0917 e. The quantitative estimate of drug-likeness (QED) is 0.632. The number of benzene rings is 3. The Bertz CT molecular complexity index is 724. The number of aryl methyl sites for hydroxylation is 1. The molecule has 0 radical (unpaired) electrons. The summed E-state index contributed by atoms with van der Waals surface area (Å²) in [5.41, 5.74) is 4.66. The van der Waals surface area contributed by atoms with Crippen molar-refractivity contribution in [2.45, 2.75) is 12.8 Å². The monoisotopic (exact) mass is 317 g/mol. The summed E-state index contributed by atoms with van der Waals surface area (Å²) in [6.45, 7) is 2.08. The molecule has 0 aliphatic rings. The summed E-state index contributed by atoms with van der Waals surface area (Å²) in [6, 6.07) is 29.1. The van der Waals surface area contributed by atoms with Crippen molar-refractivity contribution in [3.63, 3.8) is 0 Å². The molecule has 0 saturated heterocycles. The first-order valence-corrected chi connectivity index (χ1v) is 8.12. The van der Waals surface area contributed by atoms with E-state index in [1.54, 1.807) is 0 Å². The van der Waals surface area contributed by atoms with Crippen LogP contribution in [-0.2, 0) is 0 Å². The number of rotatable bonds is 4. The normalized spacial score (nSPS) is 10.5. The van der Waals surface area contributed by atoms with Crippen LogP contribution in [0.15, 0.2) is 84.9 Å². The van der Waals surface area contributed by atoms with Gasteiger partial charge in [0.15, 0.2) is 0 Å². The van der Waals surface area contributed by atoms with Gasteiger partial charge < -0.3 is 5.32 Å². The fourth-order valence-electron chi connectivity index (χ4n) is 2.64. The Morgan fingerprint density at radius 2 is 1.22 bits per heavy atom. The fourth-order valence-corrected chi connectivity index (χ4v) is 3.03. The largest absolute Gasteiger partial charge is 0.349 e. The van der Waals surface area contributed by atoms with Crippen LogP contribution in [0.25, 0.3) is 0 Å². The van der Waals surface area contributed by atoms with E-state index in [4.69, 9.17) is 12.2 Å². The Labute approximate surface area is 143 Å². The average Bonchev–Trinajstić information content (AvgIpc) is 2.59. The van der Waals surface area contributed by atoms with Crippen molar-refractivity contribution in [2.24, 2.45) is 0 Å². The van der Waals surface area contributed by atoms with E-state index in [0.29, 0.717) is 0 Å². The Hall–Kier alpha value is -2.45. The molecule has 3 aromatic rings. The highest BCUT2D eigenvalue weighted by Gasteiger charge is 2.19. The highest BCUT2D eigenvalue weighted by Crippen LogP contribution is 2.27. The number of hydrogen-bond donors (Lipinski definition) is 1. The van der Waals surface area contributed by atoms with Crippen LogP contribution in [0.3, 0.4) is 0 Å². The Kier molecular flexibility index (Phi) is 4.84. The lowest BCUT2D eigenvalue weighted by molar-refractivity contribution is 1.09. The lowest BCUT2D eigenvalue weighted by Crippen LogP contribution is -2.20. The zero-order valence-electron chi connectivity index (χ0n) is 13.1. The maximum Gasteiger partial charge on any atom is 0.0917 e. The summed E-state index contributed by atoms with van der Waals surface area (Å²) < 4.78 is 0. The topological polar surface area (TPSA) is 12.0 Å². The van der Waals surface area contributed by atoms with Crippen LogP contribution in [-0.4, -0.2) is 4.99 Å². The molecule has 0 aromatic heterocycles. The predicted molar refractivity (Wildman–Crippen MR) is 102 cm³/mol. The molecule has 0 aliphatic carbocycles. The molecule has 0 unspecified atom stereocenters. The maximum absolute atomic E-state index is 5.74. The molecule has 0 atom stereocenters. The Morgan fingerprint density at radius 3 is 1.70 bits per heavy atom. The summed E-state index contributed by atoms with van der Waals surface area (Å²) in [6.07, 6.45) is 0. The van der Waals surface area contributed by atoms with E-state index in [0.717, 1.165) is 10.7 Å². The van der Waals surface area contributed by atoms with E-state index in [1.165, 1.54) is 16.7 Å². The minimum absolute atomic E-state index is 0.0497. The second kappa shape index (κ2) is 7.21. The summed E-state index contributed by atoms with van der Waals surface area (Å²) >= 11 is 5.74. The average molecular weight is 317 g/mol. The molecule has 0 fully saturated rings. The summed E-state index contributed by atoms with van der Waals surface area (Å²) in [7, 11) is 0. The van der Waals surface area contributed by atoms with Crippen LogP contribution < -0.4 is 5.32 Å². The standard InChI is InChI=1S/C21H19NS/c1-16-12-14-19(15-13-16)22-21(23)20(17-8-4-2-5-9-17)18-10-6-3-7-11-18/h2-15,20H,1H3,(H,22,23). The van der Waals surface area contributed by atoms with Crippen LogP contribution in [0.1, 0.15) is 22.6 Å². The molecular formula is C21H19NS. The van der Waals surface area contributed by atoms with Gasteiger partial charge in [0.05, 0.1) is 10.9 Å². The molecule has 0 bridgehead atoms. The number of hydrogen-bond acceptors (Lipinski definition) is 1. The van der Waals surface area contributed by atoms with Crippen molar-refractivity contribution >= 4 is 22.9 Å². The molecule has 0 amide bonds. The molecule has 3 rings (SSSR count). The van der Waals surface area contributed by atoms with E-state index >= 15 is 0 Å². The SMILES string of the molecule is Cc1ccc(NC(=S)C(c2ccccc2)c2ccccc2)cc1. The molecule has 114 valence electrons. The van der Waals surface area contributed by atoms with Gasteiger partial charge in [-0.05, 0) is 30.2 Å². The Morgan fingerprint density at radius 1 is 0.739 bits per heavy atom. The van der Waals surface area contributed by atoms with Gasteiger partial charge in [-0.2, -0.15) is 0 Å². The second-order valence-electron chi connectivity index (χ2n) is 5.61. The minimum atomic E-state index is 0.0497. The van der Waals surface area contributed by atoms with Crippen LogP contribution in [0.4, 0.5) is 5.69 Å². The summed E-state index contributed by atoms with van der Waals surface area (Å²) in [4.78, 5) is 0.811. The van der Waals surface area contributed by atoms with Gasteiger partial charge in [0.25, 0.3) is 0 Å². The molecule has 1 N–H and O–H groups in total. The van der Waals surface area contributed by atoms with Crippen LogP contribution in [0.5, 0.6) is 0 Å². The third-order valence-corrected chi connectivity index (χ3v) is 4.18. The summed E-state index contributed by atoms with van der Waals surface area (Å²) in [5.74, 6) is 0.0497. The highest BCUT2D eigenvalue weighted by molar-refractivity contribution is 7.80. The van der Waals surface area contributed by atoms with Crippen molar-refractivity contribution in [1.82, 2.24) is 0 Å². The van der Waals surface area contributed by atoms with Crippen LogP contribution in [0, 0.1) is 6.92 Å². The maximum atomic E-state index is 5.74. The second-order valence-corrected chi connectivity index (χ2v) is 6.05. The first-order valence-electron chi connectivity index (χ1n) is 7.71. The van der Waals surface area contributed by atoms with Gasteiger partial charge in [-0.3, -0.25) is 0 Å². The fraction of sp³-hybridized carbons (Fsp3) is 0.0952. The zero-order valence-corrected chi connectivity index (χ0v) is 13.9. The van der Waals surface area contributed by atoms with Crippen molar-refractivity contribution in [2.75, 3.05) is 5.32 Å². The van der Waals surface area contributed by atoms with Gasteiger partial charge in [0, 0.05) is 5.69 Å². The molecular weight excluding hydrogens is 298 g/mol. The van der Waals surface area contributed by atoms with E-state index in [9.17, 15) is 0 Å². The van der Waals surface area contributed by atoms with Gasteiger partial charge >= 0.3 is 0 Å². The van der Waals surface area contributed by atoms with E-state index in [1.807, 2.05) is 12.1 Å². The number of anilines is 1. The van der Waals surface area contributed by atoms with Gasteiger partial charge in [-0.25, -0.2) is 0 Å². The van der Waals surface area contributed by atoms with Gasteiger partial charge in [-0.15, -0.1) is 0 Å². The number of thiocarbonyl (C=S) groups is 1.